The molecular formula is C15H17ClN2S. The number of aromatic nitrogens is 1. The second kappa shape index (κ2) is 6.94. The molecule has 0 radical (unpaired) electrons. The summed E-state index contributed by atoms with van der Waals surface area (Å²) in [5.41, 5.74) is 2.46. The number of thioether (sulfide) groups is 1. The van der Waals surface area contributed by atoms with Crippen LogP contribution in [0.2, 0.25) is 5.02 Å². The molecule has 1 unspecified atom stereocenters. The zero-order valence-electron chi connectivity index (χ0n) is 11.1. The van der Waals surface area contributed by atoms with Gasteiger partial charge in [-0.3, -0.25) is 0 Å². The van der Waals surface area contributed by atoms with Crippen LogP contribution in [-0.4, -0.2) is 12.0 Å². The van der Waals surface area contributed by atoms with E-state index in [9.17, 15) is 0 Å². The lowest BCUT2D eigenvalue weighted by molar-refractivity contribution is 0.648. The van der Waals surface area contributed by atoms with Gasteiger partial charge in [-0.1, -0.05) is 29.8 Å². The number of hydrogen-bond donors (Lipinski definition) is 1. The van der Waals surface area contributed by atoms with Gasteiger partial charge >= 0.3 is 0 Å². The van der Waals surface area contributed by atoms with E-state index in [4.69, 9.17) is 11.6 Å². The van der Waals surface area contributed by atoms with E-state index in [-0.39, 0.29) is 0 Å². The van der Waals surface area contributed by atoms with Crippen LogP contribution in [0.3, 0.4) is 0 Å². The lowest BCUT2D eigenvalue weighted by atomic mass is 10.1. The zero-order chi connectivity index (χ0) is 13.7. The standard InChI is InChI=1S/C15H17ClN2S/c1-11(17-2)13-5-8-15(18-9-13)19-10-12-3-6-14(16)7-4-12/h3-9,11,17H,10H2,1-2H3. The Kier molecular flexibility index (Phi) is 5.25. The van der Waals surface area contributed by atoms with Crippen LogP contribution >= 0.6 is 23.4 Å². The summed E-state index contributed by atoms with van der Waals surface area (Å²) in [6, 6.07) is 12.5. The smallest absolute Gasteiger partial charge is 0.0963 e. The first kappa shape index (κ1) is 14.4. The van der Waals surface area contributed by atoms with Crippen LogP contribution in [0, 0.1) is 0 Å². The number of hydrogen-bond acceptors (Lipinski definition) is 3. The van der Waals surface area contributed by atoms with E-state index in [1.165, 1.54) is 11.1 Å². The molecule has 0 fully saturated rings. The van der Waals surface area contributed by atoms with Gasteiger partial charge < -0.3 is 5.32 Å². The third kappa shape index (κ3) is 4.23. The molecule has 0 aliphatic carbocycles. The summed E-state index contributed by atoms with van der Waals surface area (Å²) < 4.78 is 0. The molecule has 1 N–H and O–H groups in total. The average Bonchev–Trinajstić information content (AvgIpc) is 2.46. The summed E-state index contributed by atoms with van der Waals surface area (Å²) >= 11 is 7.60. The molecule has 0 saturated carbocycles. The van der Waals surface area contributed by atoms with Gasteiger partial charge in [0.2, 0.25) is 0 Å². The van der Waals surface area contributed by atoms with E-state index < -0.39 is 0 Å². The number of nitrogens with zero attached hydrogens (tertiary/aromatic N) is 1. The van der Waals surface area contributed by atoms with Crippen LogP contribution in [0.25, 0.3) is 0 Å². The van der Waals surface area contributed by atoms with Gasteiger partial charge in [-0.25, -0.2) is 4.98 Å². The normalized spacial score (nSPS) is 12.4. The van der Waals surface area contributed by atoms with Crippen molar-refractivity contribution in [3.63, 3.8) is 0 Å². The molecule has 0 aliphatic heterocycles. The number of halogens is 1. The van der Waals surface area contributed by atoms with E-state index >= 15 is 0 Å². The maximum absolute atomic E-state index is 5.86. The van der Waals surface area contributed by atoms with E-state index in [1.807, 2.05) is 37.5 Å². The van der Waals surface area contributed by atoms with E-state index in [2.05, 4.69) is 29.4 Å². The Morgan fingerprint density at radius 2 is 1.95 bits per heavy atom. The summed E-state index contributed by atoms with van der Waals surface area (Å²) in [4.78, 5) is 4.48. The summed E-state index contributed by atoms with van der Waals surface area (Å²) in [6.07, 6.45) is 1.94. The third-order valence-corrected chi connectivity index (χ3v) is 4.26. The van der Waals surface area contributed by atoms with Gasteiger partial charge in [-0.05, 0) is 43.3 Å². The van der Waals surface area contributed by atoms with Crippen molar-refractivity contribution >= 4 is 23.4 Å². The molecule has 0 saturated heterocycles. The van der Waals surface area contributed by atoms with Crippen LogP contribution in [0.1, 0.15) is 24.1 Å². The van der Waals surface area contributed by atoms with Gasteiger partial charge in [0.1, 0.15) is 0 Å². The van der Waals surface area contributed by atoms with E-state index in [0.717, 1.165) is 15.8 Å². The average molecular weight is 293 g/mol. The predicted octanol–water partition coefficient (Wildman–Crippen LogP) is 4.31. The Bertz CT molecular complexity index is 511. The Morgan fingerprint density at radius 1 is 1.21 bits per heavy atom. The largest absolute Gasteiger partial charge is 0.313 e. The highest BCUT2D eigenvalue weighted by atomic mass is 35.5. The van der Waals surface area contributed by atoms with Gasteiger partial charge in [0.15, 0.2) is 0 Å². The predicted molar refractivity (Wildman–Crippen MR) is 82.7 cm³/mol. The van der Waals surface area contributed by atoms with Crippen LogP contribution < -0.4 is 5.32 Å². The van der Waals surface area contributed by atoms with Crippen LogP contribution in [-0.2, 0) is 5.75 Å². The minimum Gasteiger partial charge on any atom is -0.313 e. The summed E-state index contributed by atoms with van der Waals surface area (Å²) in [5.74, 6) is 0.908. The fourth-order valence-corrected chi connectivity index (χ4v) is 2.56. The fourth-order valence-electron chi connectivity index (χ4n) is 1.64. The molecule has 100 valence electrons. The van der Waals surface area contributed by atoms with Gasteiger partial charge in [0, 0.05) is 23.0 Å². The molecule has 0 spiro atoms. The summed E-state index contributed by atoms with van der Waals surface area (Å²) in [5, 5.41) is 5.02. The third-order valence-electron chi connectivity index (χ3n) is 2.99. The maximum Gasteiger partial charge on any atom is 0.0963 e. The lowest BCUT2D eigenvalue weighted by Crippen LogP contribution is -2.12. The van der Waals surface area contributed by atoms with Crippen molar-refractivity contribution in [1.29, 1.82) is 0 Å². The minimum atomic E-state index is 0.336. The Labute approximate surface area is 123 Å². The topological polar surface area (TPSA) is 24.9 Å². The Morgan fingerprint density at radius 3 is 2.53 bits per heavy atom. The molecule has 4 heteroatoms. The molecule has 0 amide bonds. The number of benzene rings is 1. The van der Waals surface area contributed by atoms with Crippen molar-refractivity contribution in [1.82, 2.24) is 10.3 Å². The van der Waals surface area contributed by atoms with Crippen LogP contribution in [0.4, 0.5) is 0 Å². The SMILES string of the molecule is CNC(C)c1ccc(SCc2ccc(Cl)cc2)nc1. The molecule has 1 aromatic heterocycles. The van der Waals surface area contributed by atoms with Gasteiger partial charge in [-0.2, -0.15) is 0 Å². The molecule has 2 nitrogen and oxygen atoms in total. The molecule has 2 aromatic rings. The zero-order valence-corrected chi connectivity index (χ0v) is 12.6. The summed E-state index contributed by atoms with van der Waals surface area (Å²) in [7, 11) is 1.95. The molecule has 1 aromatic carbocycles. The van der Waals surface area contributed by atoms with E-state index in [0.29, 0.717) is 6.04 Å². The highest BCUT2D eigenvalue weighted by molar-refractivity contribution is 7.98. The first-order valence-corrected chi connectivity index (χ1v) is 7.56. The van der Waals surface area contributed by atoms with Crippen LogP contribution in [0.5, 0.6) is 0 Å². The number of nitrogens with one attached hydrogen (secondary N) is 1. The maximum atomic E-state index is 5.86. The highest BCUT2D eigenvalue weighted by Crippen LogP contribution is 2.22. The monoisotopic (exact) mass is 292 g/mol. The van der Waals surface area contributed by atoms with Gasteiger partial charge in [0.25, 0.3) is 0 Å². The molecule has 0 aliphatic rings. The van der Waals surface area contributed by atoms with Gasteiger partial charge in [-0.15, -0.1) is 11.8 Å². The molecule has 19 heavy (non-hydrogen) atoms. The van der Waals surface area contributed by atoms with Crippen molar-refractivity contribution in [2.45, 2.75) is 23.7 Å². The van der Waals surface area contributed by atoms with Crippen LogP contribution in [0.15, 0.2) is 47.6 Å². The first-order valence-electron chi connectivity index (χ1n) is 6.19. The molecular weight excluding hydrogens is 276 g/mol. The first-order chi connectivity index (χ1) is 9.19. The lowest BCUT2D eigenvalue weighted by Gasteiger charge is -2.10. The molecule has 1 heterocycles. The number of pyridine rings is 1. The second-order valence-electron chi connectivity index (χ2n) is 4.36. The van der Waals surface area contributed by atoms with Crippen molar-refractivity contribution in [2.75, 3.05) is 7.05 Å². The van der Waals surface area contributed by atoms with Crippen molar-refractivity contribution in [3.05, 3.63) is 58.7 Å². The minimum absolute atomic E-state index is 0.336. The van der Waals surface area contributed by atoms with E-state index in [1.54, 1.807) is 11.8 Å². The number of rotatable bonds is 5. The second-order valence-corrected chi connectivity index (χ2v) is 5.79. The van der Waals surface area contributed by atoms with Crippen molar-refractivity contribution < 1.29 is 0 Å². The molecule has 2 rings (SSSR count). The van der Waals surface area contributed by atoms with Crippen molar-refractivity contribution in [3.8, 4) is 0 Å². The molecule has 1 atom stereocenters. The summed E-state index contributed by atoms with van der Waals surface area (Å²) in [6.45, 7) is 2.12. The Hall–Kier alpha value is -1.03. The Balaban J connectivity index is 1.94. The quantitative estimate of drug-likeness (QED) is 0.831. The molecule has 0 bridgehead atoms. The van der Waals surface area contributed by atoms with Gasteiger partial charge in [0.05, 0.1) is 5.03 Å². The van der Waals surface area contributed by atoms with Crippen molar-refractivity contribution in [2.24, 2.45) is 0 Å². The fraction of sp³-hybridized carbons (Fsp3) is 0.267. The highest BCUT2D eigenvalue weighted by Gasteiger charge is 2.03.